The maximum absolute atomic E-state index is 12.3. The van der Waals surface area contributed by atoms with E-state index in [9.17, 15) is 4.79 Å². The van der Waals surface area contributed by atoms with E-state index in [4.69, 9.17) is 0 Å². The first kappa shape index (κ1) is 18.4. The molecule has 2 heterocycles. The molecule has 6 nitrogen and oxygen atoms in total. The minimum atomic E-state index is -0.0419. The third kappa shape index (κ3) is 4.22. The van der Waals surface area contributed by atoms with Gasteiger partial charge in [0.05, 0.1) is 33.8 Å². The van der Waals surface area contributed by atoms with E-state index in [-0.39, 0.29) is 5.91 Å². The molecule has 26 heavy (non-hydrogen) atoms. The van der Waals surface area contributed by atoms with Gasteiger partial charge in [-0.25, -0.2) is 0 Å². The highest BCUT2D eigenvalue weighted by Crippen LogP contribution is 2.21. The molecular formula is C19H22BrN5O. The van der Waals surface area contributed by atoms with Crippen molar-refractivity contribution >= 4 is 27.5 Å². The van der Waals surface area contributed by atoms with Gasteiger partial charge in [0.2, 0.25) is 5.91 Å². The van der Waals surface area contributed by atoms with E-state index in [2.05, 4.69) is 43.6 Å². The summed E-state index contributed by atoms with van der Waals surface area (Å²) in [5, 5.41) is 11.9. The molecule has 0 radical (unpaired) electrons. The number of halogens is 1. The normalized spacial score (nSPS) is 10.9. The predicted octanol–water partition coefficient (Wildman–Crippen LogP) is 3.84. The van der Waals surface area contributed by atoms with Crippen molar-refractivity contribution in [1.82, 2.24) is 19.6 Å². The number of aryl methyl sites for hydroxylation is 3. The minimum Gasteiger partial charge on any atom is -0.323 e. The van der Waals surface area contributed by atoms with Crippen LogP contribution in [0.4, 0.5) is 5.69 Å². The lowest BCUT2D eigenvalue weighted by molar-refractivity contribution is -0.116. The number of amides is 1. The number of carbonyl (C=O) groups is 1. The highest BCUT2D eigenvalue weighted by atomic mass is 79.9. The minimum absolute atomic E-state index is 0.0419. The van der Waals surface area contributed by atoms with Gasteiger partial charge in [-0.15, -0.1) is 0 Å². The predicted molar refractivity (Wildman–Crippen MR) is 105 cm³/mol. The molecule has 0 aliphatic rings. The van der Waals surface area contributed by atoms with Gasteiger partial charge < -0.3 is 5.32 Å². The molecule has 7 heteroatoms. The van der Waals surface area contributed by atoms with Crippen LogP contribution in [0.1, 0.15) is 29.1 Å². The summed E-state index contributed by atoms with van der Waals surface area (Å²) in [4.78, 5) is 12.3. The molecular weight excluding hydrogens is 394 g/mol. The molecule has 0 aliphatic carbocycles. The molecule has 0 fully saturated rings. The molecule has 0 saturated heterocycles. The van der Waals surface area contributed by atoms with E-state index in [1.165, 1.54) is 5.56 Å². The SMILES string of the molecule is Cc1nn(CCC(=O)Nc2c(C)nn(Cc3ccccc3)c2C)cc1Br. The molecule has 0 bridgehead atoms. The van der Waals surface area contributed by atoms with Crippen molar-refractivity contribution in [2.45, 2.75) is 40.3 Å². The van der Waals surface area contributed by atoms with E-state index in [0.717, 1.165) is 27.2 Å². The fourth-order valence-electron chi connectivity index (χ4n) is 2.81. The van der Waals surface area contributed by atoms with Crippen molar-refractivity contribution in [2.24, 2.45) is 0 Å². The summed E-state index contributed by atoms with van der Waals surface area (Å²) in [6, 6.07) is 10.2. The monoisotopic (exact) mass is 415 g/mol. The second kappa shape index (κ2) is 7.86. The third-order valence-electron chi connectivity index (χ3n) is 4.28. The van der Waals surface area contributed by atoms with Gasteiger partial charge in [0.15, 0.2) is 0 Å². The molecule has 0 atom stereocenters. The topological polar surface area (TPSA) is 64.7 Å². The van der Waals surface area contributed by atoms with Crippen LogP contribution in [0, 0.1) is 20.8 Å². The van der Waals surface area contributed by atoms with E-state index < -0.39 is 0 Å². The van der Waals surface area contributed by atoms with Crippen molar-refractivity contribution < 1.29 is 4.79 Å². The summed E-state index contributed by atoms with van der Waals surface area (Å²) in [5.41, 5.74) is 4.67. The quantitative estimate of drug-likeness (QED) is 0.664. The summed E-state index contributed by atoms with van der Waals surface area (Å²) < 4.78 is 4.65. The Hall–Kier alpha value is -2.41. The second-order valence-electron chi connectivity index (χ2n) is 6.31. The Balaban J connectivity index is 1.64. The molecule has 0 spiro atoms. The van der Waals surface area contributed by atoms with Gasteiger partial charge in [-0.05, 0) is 42.3 Å². The van der Waals surface area contributed by atoms with Crippen LogP contribution in [-0.4, -0.2) is 25.5 Å². The van der Waals surface area contributed by atoms with Gasteiger partial charge in [0.1, 0.15) is 0 Å². The Morgan fingerprint density at radius 2 is 1.85 bits per heavy atom. The zero-order chi connectivity index (χ0) is 18.7. The van der Waals surface area contributed by atoms with Gasteiger partial charge >= 0.3 is 0 Å². The Morgan fingerprint density at radius 3 is 2.50 bits per heavy atom. The van der Waals surface area contributed by atoms with Gasteiger partial charge in [0, 0.05) is 19.2 Å². The second-order valence-corrected chi connectivity index (χ2v) is 7.17. The first-order valence-corrected chi connectivity index (χ1v) is 9.30. The van der Waals surface area contributed by atoms with Crippen LogP contribution in [0.25, 0.3) is 0 Å². The Morgan fingerprint density at radius 1 is 1.12 bits per heavy atom. The summed E-state index contributed by atoms with van der Waals surface area (Å²) >= 11 is 3.43. The number of hydrogen-bond donors (Lipinski definition) is 1. The van der Waals surface area contributed by atoms with Crippen LogP contribution in [0.5, 0.6) is 0 Å². The fourth-order valence-corrected chi connectivity index (χ4v) is 3.13. The van der Waals surface area contributed by atoms with Gasteiger partial charge in [-0.1, -0.05) is 30.3 Å². The number of carbonyl (C=O) groups excluding carboxylic acids is 1. The summed E-state index contributed by atoms with van der Waals surface area (Å²) in [5.74, 6) is -0.0419. The van der Waals surface area contributed by atoms with Crippen molar-refractivity contribution in [2.75, 3.05) is 5.32 Å². The Labute approximate surface area is 161 Å². The van der Waals surface area contributed by atoms with Crippen LogP contribution >= 0.6 is 15.9 Å². The molecule has 0 unspecified atom stereocenters. The maximum atomic E-state index is 12.3. The van der Waals surface area contributed by atoms with Crippen molar-refractivity contribution in [3.63, 3.8) is 0 Å². The summed E-state index contributed by atoms with van der Waals surface area (Å²) in [6.45, 7) is 7.04. The van der Waals surface area contributed by atoms with Crippen LogP contribution < -0.4 is 5.32 Å². The van der Waals surface area contributed by atoms with Gasteiger partial charge in [-0.3, -0.25) is 14.2 Å². The van der Waals surface area contributed by atoms with E-state index in [1.54, 1.807) is 4.68 Å². The number of anilines is 1. The standard InChI is InChI=1S/C19H22BrN5O/c1-13-17(20)12-24(22-13)10-9-18(26)21-19-14(2)23-25(15(19)3)11-16-7-5-4-6-8-16/h4-8,12H,9-11H2,1-3H3,(H,21,26). The molecule has 3 rings (SSSR count). The van der Waals surface area contributed by atoms with E-state index in [0.29, 0.717) is 19.5 Å². The van der Waals surface area contributed by atoms with Crippen molar-refractivity contribution in [3.8, 4) is 0 Å². The van der Waals surface area contributed by atoms with Crippen molar-refractivity contribution in [1.29, 1.82) is 0 Å². The first-order valence-electron chi connectivity index (χ1n) is 8.51. The van der Waals surface area contributed by atoms with Gasteiger partial charge in [-0.2, -0.15) is 10.2 Å². The van der Waals surface area contributed by atoms with E-state index in [1.807, 2.05) is 49.8 Å². The number of hydrogen-bond acceptors (Lipinski definition) is 3. The van der Waals surface area contributed by atoms with Crippen molar-refractivity contribution in [3.05, 3.63) is 63.6 Å². The molecule has 0 aliphatic heterocycles. The maximum Gasteiger partial charge on any atom is 0.226 e. The number of nitrogens with one attached hydrogen (secondary N) is 1. The van der Waals surface area contributed by atoms with E-state index >= 15 is 0 Å². The largest absolute Gasteiger partial charge is 0.323 e. The third-order valence-corrected chi connectivity index (χ3v) is 5.05. The van der Waals surface area contributed by atoms with Crippen LogP contribution in [-0.2, 0) is 17.9 Å². The molecule has 1 amide bonds. The molecule has 1 N–H and O–H groups in total. The lowest BCUT2D eigenvalue weighted by atomic mass is 10.2. The summed E-state index contributed by atoms with van der Waals surface area (Å²) in [7, 11) is 0. The molecule has 0 saturated carbocycles. The van der Waals surface area contributed by atoms with Crippen LogP contribution in [0.3, 0.4) is 0 Å². The zero-order valence-electron chi connectivity index (χ0n) is 15.2. The van der Waals surface area contributed by atoms with Crippen LogP contribution in [0.15, 0.2) is 41.0 Å². The lowest BCUT2D eigenvalue weighted by Gasteiger charge is -2.07. The Kier molecular flexibility index (Phi) is 5.56. The number of aromatic nitrogens is 4. The zero-order valence-corrected chi connectivity index (χ0v) is 16.7. The number of rotatable bonds is 6. The smallest absolute Gasteiger partial charge is 0.226 e. The lowest BCUT2D eigenvalue weighted by Crippen LogP contribution is -2.16. The highest BCUT2D eigenvalue weighted by Gasteiger charge is 2.14. The highest BCUT2D eigenvalue weighted by molar-refractivity contribution is 9.10. The Bertz CT molecular complexity index is 894. The number of nitrogens with zero attached hydrogens (tertiary/aromatic N) is 4. The fraction of sp³-hybridized carbons (Fsp3) is 0.316. The first-order chi connectivity index (χ1) is 12.4. The molecule has 1 aromatic carbocycles. The molecule has 2 aromatic heterocycles. The molecule has 136 valence electrons. The average molecular weight is 416 g/mol. The number of benzene rings is 1. The van der Waals surface area contributed by atoms with Crippen LogP contribution in [0.2, 0.25) is 0 Å². The van der Waals surface area contributed by atoms with Gasteiger partial charge in [0.25, 0.3) is 0 Å². The molecule has 3 aromatic rings. The average Bonchev–Trinajstić information content (AvgIpc) is 3.07. The summed E-state index contributed by atoms with van der Waals surface area (Å²) in [6.07, 6.45) is 2.24.